The Morgan fingerprint density at radius 2 is 2.22 bits per heavy atom. The molecular formula is C15H25N3. The minimum Gasteiger partial charge on any atom is -0.368 e. The molecule has 100 valence electrons. The highest BCUT2D eigenvalue weighted by Crippen LogP contribution is 2.33. The molecule has 1 aromatic heterocycles. The lowest BCUT2D eigenvalue weighted by Crippen LogP contribution is -2.31. The first kappa shape index (κ1) is 13.3. The van der Waals surface area contributed by atoms with Gasteiger partial charge in [0.25, 0.3) is 0 Å². The second kappa shape index (κ2) is 6.19. The van der Waals surface area contributed by atoms with Gasteiger partial charge in [0.2, 0.25) is 0 Å². The summed E-state index contributed by atoms with van der Waals surface area (Å²) in [5.41, 5.74) is 2.70. The molecule has 1 N–H and O–H groups in total. The van der Waals surface area contributed by atoms with Crippen LogP contribution in [-0.4, -0.2) is 24.1 Å². The van der Waals surface area contributed by atoms with E-state index in [0.29, 0.717) is 5.92 Å². The maximum absolute atomic E-state index is 4.27. The Morgan fingerprint density at radius 3 is 2.83 bits per heavy atom. The van der Waals surface area contributed by atoms with Gasteiger partial charge in [-0.15, -0.1) is 0 Å². The Morgan fingerprint density at radius 1 is 1.44 bits per heavy atom. The number of rotatable bonds is 7. The van der Waals surface area contributed by atoms with Gasteiger partial charge in [-0.25, -0.2) is 0 Å². The number of nitrogens with one attached hydrogen (secondary N) is 1. The summed E-state index contributed by atoms with van der Waals surface area (Å²) in [5, 5.41) is 3.41. The standard InChI is InChI=1S/C15H25N3/c1-4-16-9-13-10-17-8-7-15(13)18(11-12(2)3)14-5-6-14/h7-8,10,12,14,16H,4-6,9,11H2,1-3H3. The third kappa shape index (κ3) is 3.45. The van der Waals surface area contributed by atoms with Crippen molar-refractivity contribution >= 4 is 5.69 Å². The third-order valence-electron chi connectivity index (χ3n) is 3.30. The van der Waals surface area contributed by atoms with E-state index in [1.54, 1.807) is 0 Å². The molecule has 1 fully saturated rings. The number of nitrogens with zero attached hydrogens (tertiary/aromatic N) is 2. The van der Waals surface area contributed by atoms with Gasteiger partial charge in [-0.2, -0.15) is 0 Å². The van der Waals surface area contributed by atoms with Crippen LogP contribution >= 0.6 is 0 Å². The monoisotopic (exact) mass is 247 g/mol. The van der Waals surface area contributed by atoms with E-state index in [0.717, 1.165) is 25.7 Å². The van der Waals surface area contributed by atoms with Gasteiger partial charge in [0.1, 0.15) is 0 Å². The van der Waals surface area contributed by atoms with Crippen molar-refractivity contribution in [2.24, 2.45) is 5.92 Å². The molecule has 2 rings (SSSR count). The van der Waals surface area contributed by atoms with Crippen LogP contribution in [0.2, 0.25) is 0 Å². The van der Waals surface area contributed by atoms with E-state index < -0.39 is 0 Å². The molecule has 0 spiro atoms. The molecular weight excluding hydrogens is 222 g/mol. The fraction of sp³-hybridized carbons (Fsp3) is 0.667. The van der Waals surface area contributed by atoms with E-state index >= 15 is 0 Å². The summed E-state index contributed by atoms with van der Waals surface area (Å²) in [6, 6.07) is 2.93. The zero-order valence-corrected chi connectivity index (χ0v) is 11.8. The first-order valence-electron chi connectivity index (χ1n) is 7.12. The Bertz CT molecular complexity index is 372. The Kier molecular flexibility index (Phi) is 4.59. The predicted octanol–water partition coefficient (Wildman–Crippen LogP) is 2.82. The van der Waals surface area contributed by atoms with Crippen LogP contribution in [0.4, 0.5) is 5.69 Å². The number of aromatic nitrogens is 1. The number of anilines is 1. The number of hydrogen-bond donors (Lipinski definition) is 1. The van der Waals surface area contributed by atoms with Crippen LogP contribution in [-0.2, 0) is 6.54 Å². The van der Waals surface area contributed by atoms with Gasteiger partial charge in [-0.3, -0.25) is 4.98 Å². The smallest absolute Gasteiger partial charge is 0.0445 e. The molecule has 0 unspecified atom stereocenters. The molecule has 1 aliphatic rings. The quantitative estimate of drug-likeness (QED) is 0.803. The van der Waals surface area contributed by atoms with Gasteiger partial charge in [0.15, 0.2) is 0 Å². The minimum absolute atomic E-state index is 0.700. The van der Waals surface area contributed by atoms with E-state index in [9.17, 15) is 0 Å². The maximum Gasteiger partial charge on any atom is 0.0445 e. The van der Waals surface area contributed by atoms with E-state index in [4.69, 9.17) is 0 Å². The average molecular weight is 247 g/mol. The van der Waals surface area contributed by atoms with Gasteiger partial charge < -0.3 is 10.2 Å². The molecule has 18 heavy (non-hydrogen) atoms. The van der Waals surface area contributed by atoms with Crippen molar-refractivity contribution in [3.05, 3.63) is 24.0 Å². The number of pyridine rings is 1. The summed E-state index contributed by atoms with van der Waals surface area (Å²) in [6.45, 7) is 9.79. The highest BCUT2D eigenvalue weighted by atomic mass is 15.2. The second-order valence-electron chi connectivity index (χ2n) is 5.56. The Labute approximate surface area is 111 Å². The summed E-state index contributed by atoms with van der Waals surface area (Å²) in [4.78, 5) is 6.86. The zero-order chi connectivity index (χ0) is 13.0. The molecule has 1 aliphatic carbocycles. The van der Waals surface area contributed by atoms with Gasteiger partial charge in [-0.1, -0.05) is 20.8 Å². The van der Waals surface area contributed by atoms with E-state index in [-0.39, 0.29) is 0 Å². The predicted molar refractivity (Wildman–Crippen MR) is 76.8 cm³/mol. The molecule has 3 heteroatoms. The van der Waals surface area contributed by atoms with Crippen LogP contribution in [0.1, 0.15) is 39.2 Å². The molecule has 0 atom stereocenters. The van der Waals surface area contributed by atoms with Crippen LogP contribution in [0.5, 0.6) is 0 Å². The molecule has 0 saturated heterocycles. The van der Waals surface area contributed by atoms with Crippen LogP contribution < -0.4 is 10.2 Å². The molecule has 1 heterocycles. The van der Waals surface area contributed by atoms with Gasteiger partial charge in [0.05, 0.1) is 0 Å². The largest absolute Gasteiger partial charge is 0.368 e. The summed E-state index contributed by atoms with van der Waals surface area (Å²) in [5.74, 6) is 0.700. The molecule has 0 amide bonds. The van der Waals surface area contributed by atoms with Crippen molar-refractivity contribution in [1.82, 2.24) is 10.3 Å². The SMILES string of the molecule is CCNCc1cnccc1N(CC(C)C)C1CC1. The Hall–Kier alpha value is -1.09. The second-order valence-corrected chi connectivity index (χ2v) is 5.56. The van der Waals surface area contributed by atoms with Crippen LogP contribution in [0.15, 0.2) is 18.5 Å². The Balaban J connectivity index is 2.17. The summed E-state index contributed by atoms with van der Waals surface area (Å²) in [6.07, 6.45) is 6.61. The average Bonchev–Trinajstić information content (AvgIpc) is 3.18. The van der Waals surface area contributed by atoms with E-state index in [1.807, 2.05) is 12.4 Å². The molecule has 0 bridgehead atoms. The zero-order valence-electron chi connectivity index (χ0n) is 11.8. The lowest BCUT2D eigenvalue weighted by atomic mass is 10.1. The normalized spacial score (nSPS) is 15.1. The molecule has 0 radical (unpaired) electrons. The van der Waals surface area contributed by atoms with E-state index in [1.165, 1.54) is 24.1 Å². The van der Waals surface area contributed by atoms with Gasteiger partial charge in [0, 0.05) is 42.8 Å². The van der Waals surface area contributed by atoms with Crippen molar-refractivity contribution in [2.45, 2.75) is 46.2 Å². The third-order valence-corrected chi connectivity index (χ3v) is 3.30. The van der Waals surface area contributed by atoms with E-state index in [2.05, 4.69) is 42.0 Å². The summed E-state index contributed by atoms with van der Waals surface area (Å²) < 4.78 is 0. The summed E-state index contributed by atoms with van der Waals surface area (Å²) in [7, 11) is 0. The lowest BCUT2D eigenvalue weighted by Gasteiger charge is -2.28. The first-order valence-corrected chi connectivity index (χ1v) is 7.12. The lowest BCUT2D eigenvalue weighted by molar-refractivity contribution is 0.603. The first-order chi connectivity index (χ1) is 8.72. The summed E-state index contributed by atoms with van der Waals surface area (Å²) >= 11 is 0. The van der Waals surface area contributed by atoms with Crippen LogP contribution in [0, 0.1) is 5.92 Å². The molecule has 3 nitrogen and oxygen atoms in total. The highest BCUT2D eigenvalue weighted by Gasteiger charge is 2.30. The van der Waals surface area contributed by atoms with Crippen LogP contribution in [0.25, 0.3) is 0 Å². The maximum atomic E-state index is 4.27. The molecule has 0 aromatic carbocycles. The van der Waals surface area contributed by atoms with Gasteiger partial charge >= 0.3 is 0 Å². The van der Waals surface area contributed by atoms with Crippen molar-refractivity contribution in [3.63, 3.8) is 0 Å². The topological polar surface area (TPSA) is 28.2 Å². The van der Waals surface area contributed by atoms with Crippen LogP contribution in [0.3, 0.4) is 0 Å². The fourth-order valence-corrected chi connectivity index (χ4v) is 2.32. The van der Waals surface area contributed by atoms with Crippen molar-refractivity contribution in [1.29, 1.82) is 0 Å². The molecule has 1 aromatic rings. The fourth-order valence-electron chi connectivity index (χ4n) is 2.32. The van der Waals surface area contributed by atoms with Crippen molar-refractivity contribution < 1.29 is 0 Å². The minimum atomic E-state index is 0.700. The highest BCUT2D eigenvalue weighted by molar-refractivity contribution is 5.54. The molecule has 1 saturated carbocycles. The number of hydrogen-bond acceptors (Lipinski definition) is 3. The van der Waals surface area contributed by atoms with Gasteiger partial charge in [-0.05, 0) is 31.4 Å². The molecule has 0 aliphatic heterocycles. The van der Waals surface area contributed by atoms with Crippen molar-refractivity contribution in [3.8, 4) is 0 Å². The van der Waals surface area contributed by atoms with Crippen molar-refractivity contribution in [2.75, 3.05) is 18.0 Å².